The van der Waals surface area contributed by atoms with Gasteiger partial charge in [0.1, 0.15) is 6.07 Å². The van der Waals surface area contributed by atoms with Crippen molar-refractivity contribution in [1.82, 2.24) is 19.3 Å². The van der Waals surface area contributed by atoms with Crippen LogP contribution in [0.25, 0.3) is 23.0 Å². The predicted molar refractivity (Wildman–Crippen MR) is 138 cm³/mol. The molecule has 35 heavy (non-hydrogen) atoms. The van der Waals surface area contributed by atoms with E-state index in [1.165, 1.54) is 5.56 Å². The number of ether oxygens (including phenoxy) is 1. The van der Waals surface area contributed by atoms with Gasteiger partial charge in [-0.2, -0.15) is 5.26 Å². The molecule has 0 atom stereocenters. The Balaban J connectivity index is 1.62. The fourth-order valence-corrected chi connectivity index (χ4v) is 4.63. The van der Waals surface area contributed by atoms with Crippen LogP contribution in [0, 0.1) is 32.1 Å². The van der Waals surface area contributed by atoms with Crippen LogP contribution >= 0.6 is 0 Å². The summed E-state index contributed by atoms with van der Waals surface area (Å²) in [6.45, 7) is 9.00. The van der Waals surface area contributed by atoms with E-state index >= 15 is 0 Å². The van der Waals surface area contributed by atoms with Crippen LogP contribution in [0.2, 0.25) is 0 Å². The molecule has 0 amide bonds. The van der Waals surface area contributed by atoms with Crippen molar-refractivity contribution in [2.75, 3.05) is 31.2 Å². The molecular formula is C28H28N6O. The zero-order valence-corrected chi connectivity index (χ0v) is 20.3. The number of benzene rings is 2. The SMILES string of the molecule is Cc1cccc(-n2c(C)cc(/C=C(\C#N)c3nnc(N4CCOCC4)n3-c3ccccc3)c2C)c1. The predicted octanol–water partition coefficient (Wildman–Crippen LogP) is 4.88. The summed E-state index contributed by atoms with van der Waals surface area (Å²) in [5.74, 6) is 1.25. The van der Waals surface area contributed by atoms with Gasteiger partial charge in [0.2, 0.25) is 5.95 Å². The summed E-state index contributed by atoms with van der Waals surface area (Å²) in [5, 5.41) is 19.2. The number of allylic oxidation sites excluding steroid dienone is 1. The molecule has 1 saturated heterocycles. The highest BCUT2D eigenvalue weighted by Crippen LogP contribution is 2.29. The zero-order valence-electron chi connectivity index (χ0n) is 20.3. The first-order valence-electron chi connectivity index (χ1n) is 11.8. The van der Waals surface area contributed by atoms with Crippen LogP contribution in [0.3, 0.4) is 0 Å². The number of hydrogen-bond donors (Lipinski definition) is 0. The molecule has 0 spiro atoms. The lowest BCUT2D eigenvalue weighted by atomic mass is 10.1. The minimum absolute atomic E-state index is 0.463. The molecule has 3 heterocycles. The summed E-state index contributed by atoms with van der Waals surface area (Å²) in [5.41, 5.74) is 6.86. The zero-order chi connectivity index (χ0) is 24.4. The van der Waals surface area contributed by atoms with Crippen molar-refractivity contribution in [3.05, 3.63) is 89.0 Å². The minimum Gasteiger partial charge on any atom is -0.378 e. The average molecular weight is 465 g/mol. The van der Waals surface area contributed by atoms with E-state index in [9.17, 15) is 5.26 Å². The van der Waals surface area contributed by atoms with E-state index in [-0.39, 0.29) is 0 Å². The number of morpholine rings is 1. The van der Waals surface area contributed by atoms with E-state index in [4.69, 9.17) is 4.74 Å². The number of rotatable bonds is 5. The van der Waals surface area contributed by atoms with Gasteiger partial charge in [-0.05, 0) is 68.3 Å². The molecule has 5 rings (SSSR count). The van der Waals surface area contributed by atoms with E-state index in [1.54, 1.807) is 0 Å². The third-order valence-corrected chi connectivity index (χ3v) is 6.35. The molecule has 7 heteroatoms. The van der Waals surface area contributed by atoms with Gasteiger partial charge in [0.25, 0.3) is 0 Å². The summed E-state index contributed by atoms with van der Waals surface area (Å²) in [6, 6.07) is 22.9. The molecule has 2 aromatic heterocycles. The smallest absolute Gasteiger partial charge is 0.232 e. The lowest BCUT2D eigenvalue weighted by Crippen LogP contribution is -2.38. The van der Waals surface area contributed by atoms with Crippen molar-refractivity contribution < 1.29 is 4.74 Å². The van der Waals surface area contributed by atoms with Crippen LogP contribution in [-0.2, 0) is 4.74 Å². The van der Waals surface area contributed by atoms with Crippen molar-refractivity contribution in [2.24, 2.45) is 0 Å². The fraction of sp³-hybridized carbons (Fsp3) is 0.250. The molecule has 0 radical (unpaired) electrons. The molecule has 4 aromatic rings. The Kier molecular flexibility index (Phi) is 6.21. The first-order chi connectivity index (χ1) is 17.1. The molecule has 0 saturated carbocycles. The summed E-state index contributed by atoms with van der Waals surface area (Å²) in [4.78, 5) is 2.16. The van der Waals surface area contributed by atoms with Gasteiger partial charge in [0.05, 0.1) is 24.5 Å². The Morgan fingerprint density at radius 3 is 2.37 bits per heavy atom. The summed E-state index contributed by atoms with van der Waals surface area (Å²) in [6.07, 6.45) is 1.92. The second-order valence-corrected chi connectivity index (χ2v) is 8.76. The molecule has 1 aliphatic heterocycles. The maximum atomic E-state index is 10.2. The van der Waals surface area contributed by atoms with Crippen LogP contribution in [0.5, 0.6) is 0 Å². The summed E-state index contributed by atoms with van der Waals surface area (Å²) < 4.78 is 9.72. The highest BCUT2D eigenvalue weighted by Gasteiger charge is 2.24. The molecule has 1 aliphatic rings. The fourth-order valence-electron chi connectivity index (χ4n) is 4.63. The normalized spacial score (nSPS) is 14.2. The van der Waals surface area contributed by atoms with E-state index in [1.807, 2.05) is 41.0 Å². The van der Waals surface area contributed by atoms with Gasteiger partial charge < -0.3 is 14.2 Å². The lowest BCUT2D eigenvalue weighted by Gasteiger charge is -2.28. The van der Waals surface area contributed by atoms with Crippen molar-refractivity contribution >= 4 is 17.6 Å². The third kappa shape index (κ3) is 4.36. The third-order valence-electron chi connectivity index (χ3n) is 6.35. The van der Waals surface area contributed by atoms with Gasteiger partial charge in [-0.3, -0.25) is 4.57 Å². The van der Waals surface area contributed by atoms with Crippen molar-refractivity contribution in [3.63, 3.8) is 0 Å². The van der Waals surface area contributed by atoms with E-state index < -0.39 is 0 Å². The number of hydrogen-bond acceptors (Lipinski definition) is 5. The van der Waals surface area contributed by atoms with Crippen molar-refractivity contribution in [2.45, 2.75) is 20.8 Å². The standard InChI is InChI=1S/C28H28N6O/c1-20-8-7-11-26(16-20)33-21(2)17-23(22(33)3)18-24(19-29)27-30-31-28(32-12-14-35-15-13-32)34(27)25-9-5-4-6-10-25/h4-11,16-18H,12-15H2,1-3H3/b24-18+. The Labute approximate surface area is 205 Å². The van der Waals surface area contributed by atoms with Gasteiger partial charge in [-0.15, -0.1) is 10.2 Å². The molecule has 0 aliphatic carbocycles. The molecule has 0 bridgehead atoms. The molecule has 0 unspecified atom stereocenters. The lowest BCUT2D eigenvalue weighted by molar-refractivity contribution is 0.122. The second kappa shape index (κ2) is 9.61. The van der Waals surface area contributed by atoms with Crippen LogP contribution in [-0.4, -0.2) is 45.6 Å². The van der Waals surface area contributed by atoms with Crippen molar-refractivity contribution in [3.8, 4) is 17.4 Å². The molecule has 7 nitrogen and oxygen atoms in total. The number of nitrogens with zero attached hydrogens (tertiary/aromatic N) is 6. The van der Waals surface area contributed by atoms with Crippen LogP contribution < -0.4 is 4.90 Å². The van der Waals surface area contributed by atoms with Gasteiger partial charge in [0.15, 0.2) is 5.82 Å². The van der Waals surface area contributed by atoms with Gasteiger partial charge in [-0.25, -0.2) is 0 Å². The number of para-hydroxylation sites is 1. The Bertz CT molecular complexity index is 1420. The highest BCUT2D eigenvalue weighted by atomic mass is 16.5. The van der Waals surface area contributed by atoms with E-state index in [0.717, 1.165) is 47.4 Å². The minimum atomic E-state index is 0.463. The number of anilines is 1. The van der Waals surface area contributed by atoms with E-state index in [0.29, 0.717) is 24.6 Å². The topological polar surface area (TPSA) is 71.9 Å². The second-order valence-electron chi connectivity index (χ2n) is 8.76. The average Bonchev–Trinajstić information content (AvgIpc) is 3.44. The first kappa shape index (κ1) is 22.6. The van der Waals surface area contributed by atoms with E-state index in [2.05, 4.69) is 76.8 Å². The van der Waals surface area contributed by atoms with Gasteiger partial charge >= 0.3 is 0 Å². The highest BCUT2D eigenvalue weighted by molar-refractivity contribution is 5.88. The number of aryl methyl sites for hydroxylation is 2. The largest absolute Gasteiger partial charge is 0.378 e. The molecule has 2 aromatic carbocycles. The molecule has 176 valence electrons. The van der Waals surface area contributed by atoms with Crippen LogP contribution in [0.1, 0.15) is 28.3 Å². The quantitative estimate of drug-likeness (QED) is 0.394. The van der Waals surface area contributed by atoms with Crippen molar-refractivity contribution in [1.29, 1.82) is 5.26 Å². The molecule has 1 fully saturated rings. The van der Waals surface area contributed by atoms with Crippen LogP contribution in [0.15, 0.2) is 60.7 Å². The Hall–Kier alpha value is -4.15. The Morgan fingerprint density at radius 2 is 1.66 bits per heavy atom. The molecule has 0 N–H and O–H groups in total. The summed E-state index contributed by atoms with van der Waals surface area (Å²) >= 11 is 0. The monoisotopic (exact) mass is 464 g/mol. The summed E-state index contributed by atoms with van der Waals surface area (Å²) in [7, 11) is 0. The molecular weight excluding hydrogens is 436 g/mol. The number of aromatic nitrogens is 4. The number of nitriles is 1. The Morgan fingerprint density at radius 1 is 0.914 bits per heavy atom. The van der Waals surface area contributed by atoms with Crippen LogP contribution in [0.4, 0.5) is 5.95 Å². The maximum Gasteiger partial charge on any atom is 0.232 e. The first-order valence-corrected chi connectivity index (χ1v) is 11.8. The maximum absolute atomic E-state index is 10.2. The van der Waals surface area contributed by atoms with Gasteiger partial charge in [0, 0.05) is 30.2 Å². The van der Waals surface area contributed by atoms with Gasteiger partial charge in [-0.1, -0.05) is 30.3 Å².